The predicted octanol–water partition coefficient (Wildman–Crippen LogP) is 2.37. The van der Waals surface area contributed by atoms with Gasteiger partial charge in [0.05, 0.1) is 20.8 Å². The van der Waals surface area contributed by atoms with Crippen LogP contribution in [0.2, 0.25) is 0 Å². The molecule has 0 radical (unpaired) electrons. The second-order valence-electron chi connectivity index (χ2n) is 2.76. The van der Waals surface area contributed by atoms with Gasteiger partial charge in [0.2, 0.25) is 0 Å². The van der Waals surface area contributed by atoms with Crippen molar-refractivity contribution >= 4 is 0 Å². The summed E-state index contributed by atoms with van der Waals surface area (Å²) in [5.41, 5.74) is 8.85. The quantitative estimate of drug-likeness (QED) is 0.337. The van der Waals surface area contributed by atoms with Crippen molar-refractivity contribution in [2.24, 2.45) is 5.11 Å². The number of benzene rings is 1. The molecule has 5 nitrogen and oxygen atoms in total. The minimum Gasteiger partial charge on any atom is -0.493 e. The van der Waals surface area contributed by atoms with Crippen molar-refractivity contribution in [1.82, 2.24) is 0 Å². The maximum absolute atomic E-state index is 8.07. The van der Waals surface area contributed by atoms with Crippen LogP contribution in [0, 0.1) is 11.8 Å². The molecule has 0 aliphatic carbocycles. The fourth-order valence-corrected chi connectivity index (χ4v) is 1.12. The molecule has 0 aliphatic heterocycles. The van der Waals surface area contributed by atoms with Gasteiger partial charge >= 0.3 is 0 Å². The van der Waals surface area contributed by atoms with Crippen molar-refractivity contribution < 1.29 is 9.47 Å². The molecule has 0 saturated heterocycles. The third-order valence-electron chi connectivity index (χ3n) is 1.83. The first kappa shape index (κ1) is 11.8. The number of ether oxygens (including phenoxy) is 2. The number of azide groups is 1. The molecule has 0 aromatic heterocycles. The molecule has 0 fully saturated rings. The lowest BCUT2D eigenvalue weighted by Gasteiger charge is -2.06. The highest BCUT2D eigenvalue weighted by Crippen LogP contribution is 2.26. The van der Waals surface area contributed by atoms with Gasteiger partial charge in [0.25, 0.3) is 0 Å². The molecular weight excluding hydrogens is 206 g/mol. The number of hydrogen-bond donors (Lipinski definition) is 0. The maximum Gasteiger partial charge on any atom is 0.161 e. The van der Waals surface area contributed by atoms with Crippen LogP contribution in [0.5, 0.6) is 11.5 Å². The van der Waals surface area contributed by atoms with Gasteiger partial charge in [-0.2, -0.15) is 0 Å². The lowest BCUT2D eigenvalue weighted by molar-refractivity contribution is 0.355. The molecule has 0 spiro atoms. The Labute approximate surface area is 93.6 Å². The first-order chi connectivity index (χ1) is 7.81. The van der Waals surface area contributed by atoms with E-state index in [1.165, 1.54) is 0 Å². The van der Waals surface area contributed by atoms with E-state index in [9.17, 15) is 0 Å². The van der Waals surface area contributed by atoms with E-state index in [1.807, 2.05) is 6.07 Å². The van der Waals surface area contributed by atoms with Crippen molar-refractivity contribution in [3.8, 4) is 23.3 Å². The lowest BCUT2D eigenvalue weighted by atomic mass is 10.2. The molecule has 0 unspecified atom stereocenters. The van der Waals surface area contributed by atoms with Crippen molar-refractivity contribution in [2.45, 2.75) is 0 Å². The topological polar surface area (TPSA) is 67.2 Å². The van der Waals surface area contributed by atoms with Gasteiger partial charge < -0.3 is 9.47 Å². The Kier molecular flexibility index (Phi) is 4.58. The second-order valence-corrected chi connectivity index (χ2v) is 2.76. The smallest absolute Gasteiger partial charge is 0.161 e. The van der Waals surface area contributed by atoms with Crippen LogP contribution in [-0.2, 0) is 0 Å². The van der Waals surface area contributed by atoms with Gasteiger partial charge in [0.1, 0.15) is 0 Å². The Morgan fingerprint density at radius 2 is 2.06 bits per heavy atom. The Bertz CT molecular complexity index is 468. The number of methoxy groups -OCH3 is 2. The lowest BCUT2D eigenvalue weighted by Crippen LogP contribution is -1.90. The van der Waals surface area contributed by atoms with E-state index in [1.54, 1.807) is 26.4 Å². The van der Waals surface area contributed by atoms with Crippen LogP contribution in [0.25, 0.3) is 10.4 Å². The fourth-order valence-electron chi connectivity index (χ4n) is 1.12. The van der Waals surface area contributed by atoms with Gasteiger partial charge in [-0.15, -0.1) is 0 Å². The summed E-state index contributed by atoms with van der Waals surface area (Å²) in [6.07, 6.45) is 0. The maximum atomic E-state index is 8.07. The molecule has 0 N–H and O–H groups in total. The predicted molar refractivity (Wildman–Crippen MR) is 60.4 cm³/mol. The average Bonchev–Trinajstić information content (AvgIpc) is 2.34. The monoisotopic (exact) mass is 217 g/mol. The molecule has 0 bridgehead atoms. The molecule has 1 aromatic carbocycles. The third kappa shape index (κ3) is 3.12. The van der Waals surface area contributed by atoms with E-state index in [4.69, 9.17) is 15.0 Å². The molecule has 0 amide bonds. The molecule has 82 valence electrons. The van der Waals surface area contributed by atoms with E-state index in [2.05, 4.69) is 21.9 Å². The standard InChI is InChI=1S/C11H11N3O2/c1-15-10-6-5-9(8-11(10)16-2)4-3-7-13-14-12/h5-6,8H,7H2,1-2H3. The van der Waals surface area contributed by atoms with Gasteiger partial charge in [-0.05, 0) is 23.7 Å². The zero-order chi connectivity index (χ0) is 11.8. The first-order valence-corrected chi connectivity index (χ1v) is 4.53. The van der Waals surface area contributed by atoms with Gasteiger partial charge in [-0.1, -0.05) is 17.0 Å². The van der Waals surface area contributed by atoms with E-state index in [0.717, 1.165) is 5.56 Å². The summed E-state index contributed by atoms with van der Waals surface area (Å²) in [7, 11) is 3.14. The highest BCUT2D eigenvalue weighted by molar-refractivity contribution is 5.48. The largest absolute Gasteiger partial charge is 0.493 e. The molecule has 0 aliphatic rings. The van der Waals surface area contributed by atoms with Crippen molar-refractivity contribution in [3.05, 3.63) is 34.2 Å². The normalized spacial score (nSPS) is 8.38. The summed E-state index contributed by atoms with van der Waals surface area (Å²) >= 11 is 0. The van der Waals surface area contributed by atoms with E-state index >= 15 is 0 Å². The summed E-state index contributed by atoms with van der Waals surface area (Å²) < 4.78 is 10.2. The molecule has 5 heteroatoms. The van der Waals surface area contributed by atoms with Crippen molar-refractivity contribution in [1.29, 1.82) is 0 Å². The van der Waals surface area contributed by atoms with Crippen LogP contribution in [-0.4, -0.2) is 20.8 Å². The molecule has 16 heavy (non-hydrogen) atoms. The van der Waals surface area contributed by atoms with Crippen LogP contribution in [0.4, 0.5) is 0 Å². The average molecular weight is 217 g/mol. The van der Waals surface area contributed by atoms with Crippen LogP contribution < -0.4 is 9.47 Å². The van der Waals surface area contributed by atoms with Crippen molar-refractivity contribution in [2.75, 3.05) is 20.8 Å². The van der Waals surface area contributed by atoms with Gasteiger partial charge in [-0.3, -0.25) is 0 Å². The number of nitrogens with zero attached hydrogens (tertiary/aromatic N) is 3. The Balaban J connectivity index is 2.89. The second kappa shape index (κ2) is 6.23. The van der Waals surface area contributed by atoms with Crippen molar-refractivity contribution in [3.63, 3.8) is 0 Å². The fraction of sp³-hybridized carbons (Fsp3) is 0.273. The highest BCUT2D eigenvalue weighted by Gasteiger charge is 2.02. The van der Waals surface area contributed by atoms with Crippen LogP contribution >= 0.6 is 0 Å². The summed E-state index contributed by atoms with van der Waals surface area (Å²) in [5, 5.41) is 3.31. The van der Waals surface area contributed by atoms with Gasteiger partial charge in [-0.25, -0.2) is 0 Å². The summed E-state index contributed by atoms with van der Waals surface area (Å²) in [6.45, 7) is 0.158. The molecule has 0 heterocycles. The summed E-state index contributed by atoms with van der Waals surface area (Å²) in [4.78, 5) is 2.61. The summed E-state index contributed by atoms with van der Waals surface area (Å²) in [5.74, 6) is 6.86. The Morgan fingerprint density at radius 1 is 1.31 bits per heavy atom. The summed E-state index contributed by atoms with van der Waals surface area (Å²) in [6, 6.07) is 5.35. The molecule has 1 rings (SSSR count). The van der Waals surface area contributed by atoms with Crippen LogP contribution in [0.3, 0.4) is 0 Å². The number of rotatable bonds is 3. The third-order valence-corrected chi connectivity index (χ3v) is 1.83. The highest BCUT2D eigenvalue weighted by atomic mass is 16.5. The Morgan fingerprint density at radius 3 is 2.69 bits per heavy atom. The first-order valence-electron chi connectivity index (χ1n) is 4.53. The zero-order valence-corrected chi connectivity index (χ0v) is 9.10. The van der Waals surface area contributed by atoms with Gasteiger partial charge in [0, 0.05) is 10.5 Å². The molecule has 0 saturated carbocycles. The number of hydrogen-bond acceptors (Lipinski definition) is 3. The zero-order valence-electron chi connectivity index (χ0n) is 9.10. The SMILES string of the molecule is COc1ccc(C#CCN=[N+]=[N-])cc1OC. The van der Waals surface area contributed by atoms with E-state index in [0.29, 0.717) is 11.5 Å². The molecular formula is C11H11N3O2. The van der Waals surface area contributed by atoms with Gasteiger partial charge in [0.15, 0.2) is 11.5 Å². The Hall–Kier alpha value is -2.31. The van der Waals surface area contributed by atoms with E-state index < -0.39 is 0 Å². The van der Waals surface area contributed by atoms with E-state index in [-0.39, 0.29) is 6.54 Å². The van der Waals surface area contributed by atoms with Crippen LogP contribution in [0.15, 0.2) is 23.3 Å². The minimum atomic E-state index is 0.158. The van der Waals surface area contributed by atoms with Crippen LogP contribution in [0.1, 0.15) is 5.56 Å². The molecule has 1 aromatic rings. The minimum absolute atomic E-state index is 0.158. The molecule has 0 atom stereocenters.